The maximum Gasteiger partial charge on any atom is 1.00 e. The topological polar surface area (TPSA) is 144 Å². The minimum atomic E-state index is -2.00. The van der Waals surface area contributed by atoms with Gasteiger partial charge in [0, 0.05) is 28.3 Å². The maximum atomic E-state index is 13.2. The Morgan fingerprint density at radius 1 is 0.970 bits per heavy atom. The number of benzene rings is 2. The van der Waals surface area contributed by atoms with Crippen LogP contribution in [-0.4, -0.2) is 62.3 Å². The van der Waals surface area contributed by atoms with Crippen molar-refractivity contribution in [2.45, 2.75) is 37.4 Å². The third-order valence-electron chi connectivity index (χ3n) is 5.39. The second-order valence-corrected chi connectivity index (χ2v) is 8.85. The smallest absolute Gasteiger partial charge is 0.394 e. The number of carbonyl (C=O) groups excluding carboxylic acids is 1. The van der Waals surface area contributed by atoms with E-state index in [1.807, 2.05) is 12.1 Å². The van der Waals surface area contributed by atoms with Crippen molar-refractivity contribution in [3.8, 4) is 10.4 Å². The summed E-state index contributed by atoms with van der Waals surface area (Å²) in [6, 6.07) is 14.8. The van der Waals surface area contributed by atoms with Crippen molar-refractivity contribution in [1.82, 2.24) is 0 Å². The van der Waals surface area contributed by atoms with Gasteiger partial charge in [0.05, 0.1) is 6.61 Å². The number of nitrogens with two attached hydrogens (primary N) is 1. The Morgan fingerprint density at radius 2 is 1.67 bits per heavy atom. The van der Waals surface area contributed by atoms with E-state index in [4.69, 9.17) is 10.8 Å². The van der Waals surface area contributed by atoms with E-state index >= 15 is 0 Å². The Hall–Kier alpha value is -2.50. The van der Waals surface area contributed by atoms with Crippen molar-refractivity contribution < 1.29 is 36.1 Å². The Labute approximate surface area is 195 Å². The third-order valence-corrected chi connectivity index (χ3v) is 6.52. The molecule has 4 atom stereocenters. The zero-order valence-corrected chi connectivity index (χ0v) is 18.5. The van der Waals surface area contributed by atoms with Gasteiger partial charge in [-0.25, -0.2) is 4.39 Å². The number of aliphatic hydroxyl groups is 5. The number of thiophene rings is 1. The normalized spacial score (nSPS) is 15.1. The predicted octanol–water partition coefficient (Wildman–Crippen LogP) is 1.33. The summed E-state index contributed by atoms with van der Waals surface area (Å²) in [5.74, 6) is -1.15. The van der Waals surface area contributed by atoms with Crippen molar-refractivity contribution in [2.24, 2.45) is 5.73 Å². The van der Waals surface area contributed by atoms with Crippen molar-refractivity contribution in [3.05, 3.63) is 82.0 Å². The van der Waals surface area contributed by atoms with E-state index in [1.54, 1.807) is 24.3 Å². The molecule has 0 spiro atoms. The summed E-state index contributed by atoms with van der Waals surface area (Å²) >= 11 is 1.52. The van der Waals surface area contributed by atoms with Crippen LogP contribution in [0.4, 0.5) is 4.39 Å². The SMILES string of the molecule is NCc1ccc(C(=O)[C@H](O)[C@@H](O)[C@H](O)[C@H](O)CO)cc1Cc1ccc(-c2ccc(F)cc2)s1.[H+]. The highest BCUT2D eigenvalue weighted by Crippen LogP contribution is 2.30. The van der Waals surface area contributed by atoms with Crippen molar-refractivity contribution in [3.63, 3.8) is 0 Å². The highest BCUT2D eigenvalue weighted by molar-refractivity contribution is 7.15. The number of Topliss-reactive ketones (excluding diaryl/α,β-unsaturated/α-hetero) is 1. The van der Waals surface area contributed by atoms with Gasteiger partial charge >= 0.3 is 1.43 Å². The average molecular weight is 477 g/mol. The molecule has 3 rings (SSSR count). The summed E-state index contributed by atoms with van der Waals surface area (Å²) in [6.45, 7) is -0.609. The summed E-state index contributed by atoms with van der Waals surface area (Å²) < 4.78 is 13.2. The molecule has 1 heterocycles. The second kappa shape index (κ2) is 11.1. The lowest BCUT2D eigenvalue weighted by Crippen LogP contribution is -2.48. The molecule has 33 heavy (non-hydrogen) atoms. The van der Waals surface area contributed by atoms with E-state index < -0.39 is 36.8 Å². The Bertz CT molecular complexity index is 1090. The van der Waals surface area contributed by atoms with E-state index in [0.717, 1.165) is 26.4 Å². The molecule has 0 unspecified atom stereocenters. The second-order valence-electron chi connectivity index (χ2n) is 7.68. The van der Waals surface area contributed by atoms with Gasteiger partial charge in [-0.2, -0.15) is 0 Å². The Kier molecular flexibility index (Phi) is 8.44. The molecule has 0 aliphatic heterocycles. The quantitative estimate of drug-likeness (QED) is 0.242. The molecule has 0 aliphatic carbocycles. The van der Waals surface area contributed by atoms with Gasteiger partial charge in [0.2, 0.25) is 0 Å². The molecule has 0 saturated heterocycles. The fourth-order valence-corrected chi connectivity index (χ4v) is 4.46. The lowest BCUT2D eigenvalue weighted by atomic mass is 9.93. The van der Waals surface area contributed by atoms with Gasteiger partial charge in [-0.05, 0) is 47.0 Å². The summed E-state index contributed by atoms with van der Waals surface area (Å²) in [4.78, 5) is 14.6. The van der Waals surface area contributed by atoms with Crippen molar-refractivity contribution in [2.75, 3.05) is 6.61 Å². The van der Waals surface area contributed by atoms with Gasteiger partial charge in [-0.15, -0.1) is 11.3 Å². The van der Waals surface area contributed by atoms with Crippen LogP contribution in [0, 0.1) is 5.82 Å². The molecule has 9 heteroatoms. The summed E-state index contributed by atoms with van der Waals surface area (Å²) in [7, 11) is 0. The zero-order chi connectivity index (χ0) is 24.1. The van der Waals surface area contributed by atoms with Gasteiger partial charge in [-0.1, -0.05) is 24.3 Å². The standard InChI is InChI=1S/C24H26FNO6S/c25-17-5-3-13(4-6-17)20-8-7-18(33-20)10-16-9-14(1-2-15(16)11-26)21(29)23(31)24(32)22(30)19(28)12-27/h1-9,19,22-24,27-28,30-32H,10-12,26H2/p+1/t19-,22-,23+,24+/m1/s1. The minimum absolute atomic E-state index is 0. The van der Waals surface area contributed by atoms with E-state index in [1.165, 1.54) is 29.5 Å². The summed E-state index contributed by atoms with van der Waals surface area (Å²) in [5, 5.41) is 48.4. The molecular formula is C24H27FNO6S+. The van der Waals surface area contributed by atoms with Crippen LogP contribution < -0.4 is 5.73 Å². The largest absolute Gasteiger partial charge is 1.00 e. The highest BCUT2D eigenvalue weighted by atomic mass is 32.1. The van der Waals surface area contributed by atoms with Gasteiger partial charge in [0.25, 0.3) is 0 Å². The monoisotopic (exact) mass is 476 g/mol. The number of rotatable bonds is 10. The van der Waals surface area contributed by atoms with Crippen LogP contribution in [0.5, 0.6) is 0 Å². The molecule has 0 bridgehead atoms. The first-order chi connectivity index (χ1) is 15.7. The Balaban J connectivity index is 0.00000408. The van der Waals surface area contributed by atoms with Crippen LogP contribution in [0.3, 0.4) is 0 Å². The highest BCUT2D eigenvalue weighted by Gasteiger charge is 2.34. The molecular weight excluding hydrogens is 449 g/mol. The number of aliphatic hydroxyl groups excluding tert-OH is 5. The van der Waals surface area contributed by atoms with Crippen LogP contribution in [0.15, 0.2) is 54.6 Å². The van der Waals surface area contributed by atoms with E-state index in [9.17, 15) is 29.6 Å². The first-order valence-corrected chi connectivity index (χ1v) is 11.1. The van der Waals surface area contributed by atoms with E-state index in [2.05, 4.69) is 0 Å². The number of halogens is 1. The molecule has 2 aromatic carbocycles. The molecule has 0 fully saturated rings. The molecule has 0 amide bonds. The minimum Gasteiger partial charge on any atom is -0.394 e. The molecule has 0 radical (unpaired) electrons. The lowest BCUT2D eigenvalue weighted by Gasteiger charge is -2.25. The summed E-state index contributed by atoms with van der Waals surface area (Å²) in [6.07, 6.45) is -7.11. The van der Waals surface area contributed by atoms with E-state index in [0.29, 0.717) is 6.42 Å². The van der Waals surface area contributed by atoms with E-state index in [-0.39, 0.29) is 19.4 Å². The van der Waals surface area contributed by atoms with Gasteiger partial charge < -0.3 is 31.3 Å². The van der Waals surface area contributed by atoms with Crippen molar-refractivity contribution in [1.29, 1.82) is 0 Å². The number of ketones is 1. The Morgan fingerprint density at radius 3 is 2.30 bits per heavy atom. The number of hydrogen-bond acceptors (Lipinski definition) is 8. The fraction of sp³-hybridized carbons (Fsp3) is 0.292. The van der Waals surface area contributed by atoms with Crippen LogP contribution in [0.1, 0.15) is 27.8 Å². The molecule has 0 aliphatic rings. The molecule has 7 N–H and O–H groups in total. The van der Waals surface area contributed by atoms with Crippen LogP contribution in [-0.2, 0) is 13.0 Å². The maximum absolute atomic E-state index is 13.2. The first-order valence-electron chi connectivity index (χ1n) is 10.3. The predicted molar refractivity (Wildman–Crippen MR) is 123 cm³/mol. The van der Waals surface area contributed by atoms with Crippen LogP contribution >= 0.6 is 11.3 Å². The molecule has 7 nitrogen and oxygen atoms in total. The lowest BCUT2D eigenvalue weighted by molar-refractivity contribution is -0.105. The number of hydrogen-bond donors (Lipinski definition) is 6. The molecule has 3 aromatic rings. The molecule has 1 aromatic heterocycles. The molecule has 176 valence electrons. The first kappa shape index (κ1) is 25.1. The van der Waals surface area contributed by atoms with Crippen molar-refractivity contribution >= 4 is 17.1 Å². The van der Waals surface area contributed by atoms with Crippen LogP contribution in [0.25, 0.3) is 10.4 Å². The summed E-state index contributed by atoms with van der Waals surface area (Å²) in [5.41, 5.74) is 8.40. The van der Waals surface area contributed by atoms with Gasteiger partial charge in [-0.3, -0.25) is 4.79 Å². The third kappa shape index (κ3) is 5.90. The van der Waals surface area contributed by atoms with Gasteiger partial charge in [0.15, 0.2) is 5.78 Å². The zero-order valence-electron chi connectivity index (χ0n) is 18.6. The van der Waals surface area contributed by atoms with Crippen LogP contribution in [0.2, 0.25) is 0 Å². The average Bonchev–Trinajstić information content (AvgIpc) is 3.30. The van der Waals surface area contributed by atoms with Gasteiger partial charge in [0.1, 0.15) is 30.2 Å². The molecule has 0 saturated carbocycles. The fourth-order valence-electron chi connectivity index (χ4n) is 3.42. The number of carbonyl (C=O) groups is 1.